The lowest BCUT2D eigenvalue weighted by atomic mass is 10.0. The van der Waals surface area contributed by atoms with Crippen molar-refractivity contribution in [1.82, 2.24) is 4.90 Å². The van der Waals surface area contributed by atoms with Gasteiger partial charge in [-0.05, 0) is 5.92 Å². The normalized spacial score (nSPS) is 17.0. The van der Waals surface area contributed by atoms with Crippen LogP contribution in [0.4, 0.5) is 0 Å². The van der Waals surface area contributed by atoms with Gasteiger partial charge in [-0.3, -0.25) is 4.79 Å². The summed E-state index contributed by atoms with van der Waals surface area (Å²) in [6.07, 6.45) is 0. The molecule has 60 valence electrons. The maximum atomic E-state index is 10.5. The summed E-state index contributed by atoms with van der Waals surface area (Å²) < 4.78 is 0. The van der Waals surface area contributed by atoms with Gasteiger partial charge in [-0.1, -0.05) is 20.8 Å². The lowest BCUT2D eigenvalue weighted by Crippen LogP contribution is -2.47. The first-order chi connectivity index (χ1) is 4.70. The molecule has 0 unspecified atom stereocenters. The molecule has 2 heteroatoms. The molecule has 1 saturated heterocycles. The van der Waals surface area contributed by atoms with Crippen LogP contribution < -0.4 is 0 Å². The molecular weight excluding hydrogens is 126 g/mol. The molecule has 0 aliphatic carbocycles. The molecule has 10 heavy (non-hydrogen) atoms. The zero-order chi connectivity index (χ0) is 8.15. The van der Waals surface area contributed by atoms with E-state index in [9.17, 15) is 4.79 Å². The number of hydrogen-bond donors (Lipinski definition) is 0. The highest BCUT2D eigenvalue weighted by Crippen LogP contribution is 2.12. The Kier molecular flexibility index (Phi) is 4.08. The van der Waals surface area contributed by atoms with Gasteiger partial charge in [0.25, 0.3) is 0 Å². The fourth-order valence-electron chi connectivity index (χ4n) is 0.956. The number of carbonyl (C=O) groups excluding carboxylic acids is 1. The van der Waals surface area contributed by atoms with Crippen LogP contribution >= 0.6 is 0 Å². The van der Waals surface area contributed by atoms with Gasteiger partial charge in [0.2, 0.25) is 5.91 Å². The summed E-state index contributed by atoms with van der Waals surface area (Å²) in [4.78, 5) is 12.3. The van der Waals surface area contributed by atoms with Gasteiger partial charge in [0.05, 0.1) is 0 Å². The predicted molar refractivity (Wildman–Crippen MR) is 42.8 cm³/mol. The lowest BCUT2D eigenvalue weighted by Gasteiger charge is -2.36. The Labute approximate surface area is 63.2 Å². The van der Waals surface area contributed by atoms with Gasteiger partial charge >= 0.3 is 0 Å². The first-order valence-corrected chi connectivity index (χ1v) is 3.95. The highest BCUT2D eigenvalue weighted by atomic mass is 16.2. The molecule has 0 aromatic heterocycles. The Balaban J connectivity index is 0.000000371. The predicted octanol–water partition coefficient (Wildman–Crippen LogP) is 1.51. The molecule has 0 N–H and O–H groups in total. The van der Waals surface area contributed by atoms with E-state index in [4.69, 9.17) is 0 Å². The van der Waals surface area contributed by atoms with Crippen molar-refractivity contribution >= 4 is 5.91 Å². The molecule has 0 aromatic rings. The van der Waals surface area contributed by atoms with Gasteiger partial charge in [-0.25, -0.2) is 0 Å². The van der Waals surface area contributed by atoms with Gasteiger partial charge in [-0.15, -0.1) is 0 Å². The number of hydrogen-bond acceptors (Lipinski definition) is 1. The van der Waals surface area contributed by atoms with Crippen LogP contribution in [0.25, 0.3) is 0 Å². The summed E-state index contributed by atoms with van der Waals surface area (Å²) in [5, 5.41) is 0. The highest BCUT2D eigenvalue weighted by Gasteiger charge is 2.23. The first-order valence-electron chi connectivity index (χ1n) is 3.95. The molecule has 2 nitrogen and oxygen atoms in total. The van der Waals surface area contributed by atoms with Crippen LogP contribution in [0.1, 0.15) is 27.7 Å². The van der Waals surface area contributed by atoms with E-state index < -0.39 is 0 Å². The van der Waals surface area contributed by atoms with Gasteiger partial charge in [-0.2, -0.15) is 0 Å². The molecule has 1 heterocycles. The molecule has 1 fully saturated rings. The minimum atomic E-state index is 0.211. The number of nitrogens with zero attached hydrogens (tertiary/aromatic N) is 1. The number of likely N-dealkylation sites (tertiary alicyclic amines) is 1. The quantitative estimate of drug-likeness (QED) is 0.503. The van der Waals surface area contributed by atoms with E-state index in [0.717, 1.165) is 19.0 Å². The molecule has 1 aliphatic rings. The molecular formula is C8H17NO. The van der Waals surface area contributed by atoms with Crippen LogP contribution in [0.2, 0.25) is 0 Å². The highest BCUT2D eigenvalue weighted by molar-refractivity contribution is 5.74. The number of carbonyl (C=O) groups is 1. The zero-order valence-corrected chi connectivity index (χ0v) is 7.35. The average Bonchev–Trinajstić information content (AvgIpc) is 1.86. The van der Waals surface area contributed by atoms with Crippen molar-refractivity contribution in [3.05, 3.63) is 0 Å². The molecule has 0 radical (unpaired) electrons. The Morgan fingerprint density at radius 1 is 1.40 bits per heavy atom. The van der Waals surface area contributed by atoms with E-state index in [1.54, 1.807) is 6.92 Å². The molecule has 1 rings (SSSR count). The second-order valence-electron chi connectivity index (χ2n) is 2.53. The van der Waals surface area contributed by atoms with E-state index in [1.807, 2.05) is 18.7 Å². The fraction of sp³-hybridized carbons (Fsp3) is 0.875. The second-order valence-corrected chi connectivity index (χ2v) is 2.53. The molecule has 0 saturated carbocycles. The Hall–Kier alpha value is -0.530. The fourth-order valence-corrected chi connectivity index (χ4v) is 0.956. The van der Waals surface area contributed by atoms with Crippen molar-refractivity contribution in [2.24, 2.45) is 5.92 Å². The molecule has 0 aromatic carbocycles. The number of amides is 1. The van der Waals surface area contributed by atoms with Crippen molar-refractivity contribution in [2.75, 3.05) is 13.1 Å². The SMILES string of the molecule is CC.CC(=O)N1CC(C)C1. The van der Waals surface area contributed by atoms with E-state index in [1.165, 1.54) is 0 Å². The first kappa shape index (κ1) is 9.47. The second kappa shape index (κ2) is 4.31. The van der Waals surface area contributed by atoms with Crippen LogP contribution in [-0.4, -0.2) is 23.9 Å². The van der Waals surface area contributed by atoms with Crippen LogP contribution in [0, 0.1) is 5.92 Å². The molecule has 0 spiro atoms. The van der Waals surface area contributed by atoms with Crippen LogP contribution in [0.15, 0.2) is 0 Å². The van der Waals surface area contributed by atoms with Crippen molar-refractivity contribution in [3.8, 4) is 0 Å². The number of rotatable bonds is 0. The third kappa shape index (κ3) is 2.38. The summed E-state index contributed by atoms with van der Waals surface area (Å²) in [7, 11) is 0. The Morgan fingerprint density at radius 2 is 1.80 bits per heavy atom. The third-order valence-electron chi connectivity index (χ3n) is 1.51. The van der Waals surface area contributed by atoms with Gasteiger partial charge in [0.15, 0.2) is 0 Å². The largest absolute Gasteiger partial charge is 0.342 e. The third-order valence-corrected chi connectivity index (χ3v) is 1.51. The summed E-state index contributed by atoms with van der Waals surface area (Å²) in [5.74, 6) is 0.946. The lowest BCUT2D eigenvalue weighted by molar-refractivity contribution is -0.134. The summed E-state index contributed by atoms with van der Waals surface area (Å²) in [5.41, 5.74) is 0. The zero-order valence-electron chi connectivity index (χ0n) is 7.35. The maximum absolute atomic E-state index is 10.5. The van der Waals surface area contributed by atoms with Crippen LogP contribution in [0.3, 0.4) is 0 Å². The summed E-state index contributed by atoms with van der Waals surface area (Å²) in [6, 6.07) is 0. The minimum Gasteiger partial charge on any atom is -0.342 e. The molecule has 1 aliphatic heterocycles. The Bertz CT molecular complexity index is 106. The topological polar surface area (TPSA) is 20.3 Å². The van der Waals surface area contributed by atoms with E-state index in [-0.39, 0.29) is 5.91 Å². The maximum Gasteiger partial charge on any atom is 0.219 e. The van der Waals surface area contributed by atoms with Gasteiger partial charge in [0, 0.05) is 20.0 Å². The van der Waals surface area contributed by atoms with Crippen LogP contribution in [0.5, 0.6) is 0 Å². The molecule has 0 bridgehead atoms. The monoisotopic (exact) mass is 143 g/mol. The van der Waals surface area contributed by atoms with E-state index in [2.05, 4.69) is 6.92 Å². The van der Waals surface area contributed by atoms with Gasteiger partial charge < -0.3 is 4.90 Å². The van der Waals surface area contributed by atoms with E-state index in [0.29, 0.717) is 0 Å². The summed E-state index contributed by atoms with van der Waals surface area (Å²) in [6.45, 7) is 9.70. The smallest absolute Gasteiger partial charge is 0.219 e. The standard InChI is InChI=1S/C6H11NO.C2H6/c1-5-3-7(4-5)6(2)8;1-2/h5H,3-4H2,1-2H3;1-2H3. The molecule has 0 atom stereocenters. The Morgan fingerprint density at radius 3 is 1.90 bits per heavy atom. The van der Waals surface area contributed by atoms with Crippen molar-refractivity contribution in [2.45, 2.75) is 27.7 Å². The van der Waals surface area contributed by atoms with Crippen molar-refractivity contribution < 1.29 is 4.79 Å². The van der Waals surface area contributed by atoms with E-state index >= 15 is 0 Å². The van der Waals surface area contributed by atoms with Crippen molar-refractivity contribution in [1.29, 1.82) is 0 Å². The van der Waals surface area contributed by atoms with Crippen molar-refractivity contribution in [3.63, 3.8) is 0 Å². The minimum absolute atomic E-state index is 0.211. The van der Waals surface area contributed by atoms with Crippen LogP contribution in [-0.2, 0) is 4.79 Å². The molecule has 1 amide bonds. The average molecular weight is 143 g/mol. The summed E-state index contributed by atoms with van der Waals surface area (Å²) >= 11 is 0. The van der Waals surface area contributed by atoms with Gasteiger partial charge in [0.1, 0.15) is 0 Å².